The van der Waals surface area contributed by atoms with Gasteiger partial charge in [-0.05, 0) is 43.7 Å². The molecular weight excluding hydrogens is 264 g/mol. The average Bonchev–Trinajstić information content (AvgIpc) is 2.23. The smallest absolute Gasteiger partial charge is 0.241 e. The Balaban J connectivity index is 3.04. The van der Waals surface area contributed by atoms with E-state index in [0.717, 1.165) is 5.76 Å². The molecule has 0 aromatic heterocycles. The van der Waals surface area contributed by atoms with Crippen molar-refractivity contribution >= 4 is 16.4 Å². The van der Waals surface area contributed by atoms with Gasteiger partial charge in [0.25, 0.3) is 0 Å². The van der Waals surface area contributed by atoms with Gasteiger partial charge >= 0.3 is 0 Å². The van der Waals surface area contributed by atoms with E-state index in [2.05, 4.69) is 82.6 Å². The van der Waals surface area contributed by atoms with Crippen molar-refractivity contribution in [3.05, 3.63) is 47.7 Å². The van der Waals surface area contributed by atoms with Gasteiger partial charge in [0.15, 0.2) is 0 Å². The second-order valence-corrected chi connectivity index (χ2v) is 17.0. The maximum atomic E-state index is 6.11. The molecule has 0 aliphatic carbocycles. The molecule has 0 radical (unpaired) electrons. The van der Waals surface area contributed by atoms with Gasteiger partial charge in [0.1, 0.15) is 0 Å². The molecule has 1 atom stereocenters. The number of benzene rings is 1. The fourth-order valence-corrected chi connectivity index (χ4v) is 5.22. The van der Waals surface area contributed by atoms with Crippen LogP contribution in [-0.2, 0) is 4.43 Å². The predicted molar refractivity (Wildman–Crippen MR) is 90.7 cm³/mol. The van der Waals surface area contributed by atoms with Crippen molar-refractivity contribution in [3.63, 3.8) is 0 Å². The van der Waals surface area contributed by atoms with E-state index in [1.54, 1.807) is 0 Å². The molecule has 0 spiro atoms. The summed E-state index contributed by atoms with van der Waals surface area (Å²) in [6.45, 7) is 16.1. The Morgan fingerprint density at radius 1 is 1.00 bits per heavy atom. The SMILES string of the molecule is C/C(=C/C(c1ccccc1)[Si](C)(C)C)O[Si](C)(C)C. The second-order valence-electron chi connectivity index (χ2n) is 7.25. The summed E-state index contributed by atoms with van der Waals surface area (Å²) in [5, 5.41) is 0. The van der Waals surface area contributed by atoms with Gasteiger partial charge in [0, 0.05) is 0 Å². The summed E-state index contributed by atoms with van der Waals surface area (Å²) < 4.78 is 6.11. The van der Waals surface area contributed by atoms with Crippen LogP contribution in [0.5, 0.6) is 0 Å². The van der Waals surface area contributed by atoms with E-state index in [9.17, 15) is 0 Å². The number of rotatable bonds is 5. The molecule has 106 valence electrons. The van der Waals surface area contributed by atoms with Crippen molar-refractivity contribution in [2.24, 2.45) is 0 Å². The lowest BCUT2D eigenvalue weighted by atomic mass is 10.1. The molecule has 1 nitrogen and oxygen atoms in total. The van der Waals surface area contributed by atoms with Crippen molar-refractivity contribution in [1.82, 2.24) is 0 Å². The van der Waals surface area contributed by atoms with Crippen LogP contribution in [0.15, 0.2) is 42.2 Å². The predicted octanol–water partition coefficient (Wildman–Crippen LogP) is 5.40. The van der Waals surface area contributed by atoms with Crippen LogP contribution in [0.2, 0.25) is 39.3 Å². The topological polar surface area (TPSA) is 9.23 Å². The molecule has 1 unspecified atom stereocenters. The molecule has 0 amide bonds. The second kappa shape index (κ2) is 6.10. The standard InChI is InChI=1S/C16H28OSi2/c1-14(17-19(5,6)7)13-16(18(2,3)4)15-11-9-8-10-12-15/h8-13,16H,1-7H3/b14-13-. The molecule has 1 rings (SSSR count). The molecule has 0 heterocycles. The van der Waals surface area contributed by atoms with Crippen molar-refractivity contribution in [2.75, 3.05) is 0 Å². The molecule has 1 aromatic carbocycles. The third-order valence-electron chi connectivity index (χ3n) is 2.96. The van der Waals surface area contributed by atoms with Gasteiger partial charge in [-0.2, -0.15) is 0 Å². The Morgan fingerprint density at radius 3 is 1.95 bits per heavy atom. The number of hydrogen-bond acceptors (Lipinski definition) is 1. The van der Waals surface area contributed by atoms with E-state index in [-0.39, 0.29) is 0 Å². The first kappa shape index (κ1) is 16.2. The molecular formula is C16H28OSi2. The van der Waals surface area contributed by atoms with Crippen molar-refractivity contribution < 1.29 is 4.43 Å². The van der Waals surface area contributed by atoms with Crippen LogP contribution in [0, 0.1) is 0 Å². The highest BCUT2D eigenvalue weighted by Crippen LogP contribution is 2.30. The normalized spacial score (nSPS) is 15.2. The lowest BCUT2D eigenvalue weighted by Gasteiger charge is -2.29. The van der Waals surface area contributed by atoms with E-state index >= 15 is 0 Å². The van der Waals surface area contributed by atoms with Crippen LogP contribution in [0.3, 0.4) is 0 Å². The maximum absolute atomic E-state index is 6.11. The Labute approximate surface area is 120 Å². The zero-order valence-corrected chi connectivity index (χ0v) is 15.4. The Kier molecular flexibility index (Phi) is 5.21. The van der Waals surface area contributed by atoms with Crippen LogP contribution < -0.4 is 0 Å². The molecule has 0 saturated heterocycles. The average molecular weight is 293 g/mol. The molecule has 3 heteroatoms. The van der Waals surface area contributed by atoms with E-state index < -0.39 is 16.4 Å². The first-order chi connectivity index (χ1) is 8.59. The molecule has 0 bridgehead atoms. The minimum absolute atomic E-state index is 0.519. The van der Waals surface area contributed by atoms with Gasteiger partial charge < -0.3 is 4.43 Å². The van der Waals surface area contributed by atoms with Crippen LogP contribution in [-0.4, -0.2) is 16.4 Å². The van der Waals surface area contributed by atoms with Crippen LogP contribution in [0.1, 0.15) is 18.0 Å². The molecule has 0 aliphatic heterocycles. The Morgan fingerprint density at radius 2 is 1.53 bits per heavy atom. The van der Waals surface area contributed by atoms with Crippen LogP contribution >= 0.6 is 0 Å². The minimum atomic E-state index is -1.50. The third kappa shape index (κ3) is 5.79. The van der Waals surface area contributed by atoms with E-state index in [1.807, 2.05) is 0 Å². The number of hydrogen-bond donors (Lipinski definition) is 0. The largest absolute Gasteiger partial charge is 0.548 e. The molecule has 1 aromatic rings. The molecule has 0 fully saturated rings. The summed E-state index contributed by atoms with van der Waals surface area (Å²) in [7, 11) is -2.81. The van der Waals surface area contributed by atoms with Crippen molar-refractivity contribution in [3.8, 4) is 0 Å². The van der Waals surface area contributed by atoms with Gasteiger partial charge in [-0.3, -0.25) is 0 Å². The summed E-state index contributed by atoms with van der Waals surface area (Å²) in [5.74, 6) is 1.09. The van der Waals surface area contributed by atoms with Gasteiger partial charge in [-0.15, -0.1) is 0 Å². The fourth-order valence-electron chi connectivity index (χ4n) is 2.26. The van der Waals surface area contributed by atoms with Crippen LogP contribution in [0.25, 0.3) is 0 Å². The third-order valence-corrected chi connectivity index (χ3v) is 6.26. The molecule has 19 heavy (non-hydrogen) atoms. The fraction of sp³-hybridized carbons (Fsp3) is 0.500. The minimum Gasteiger partial charge on any atom is -0.548 e. The Bertz CT molecular complexity index is 424. The quantitative estimate of drug-likeness (QED) is 0.521. The van der Waals surface area contributed by atoms with E-state index in [0.29, 0.717) is 5.54 Å². The maximum Gasteiger partial charge on any atom is 0.241 e. The van der Waals surface area contributed by atoms with Gasteiger partial charge in [0.05, 0.1) is 13.8 Å². The first-order valence-corrected chi connectivity index (χ1v) is 14.0. The van der Waals surface area contributed by atoms with E-state index in [1.165, 1.54) is 5.56 Å². The highest BCUT2D eigenvalue weighted by atomic mass is 28.4. The summed E-state index contributed by atoms with van der Waals surface area (Å²) in [4.78, 5) is 0. The van der Waals surface area contributed by atoms with Gasteiger partial charge in [-0.1, -0.05) is 50.0 Å². The zero-order valence-electron chi connectivity index (χ0n) is 13.4. The van der Waals surface area contributed by atoms with Crippen molar-refractivity contribution in [1.29, 1.82) is 0 Å². The van der Waals surface area contributed by atoms with Gasteiger partial charge in [-0.25, -0.2) is 0 Å². The molecule has 0 saturated carbocycles. The highest BCUT2D eigenvalue weighted by molar-refractivity contribution is 6.78. The Hall–Kier alpha value is -0.806. The molecule has 0 aliphatic rings. The van der Waals surface area contributed by atoms with Crippen LogP contribution in [0.4, 0.5) is 0 Å². The summed E-state index contributed by atoms with van der Waals surface area (Å²) in [6, 6.07) is 10.8. The monoisotopic (exact) mass is 292 g/mol. The van der Waals surface area contributed by atoms with Gasteiger partial charge in [0.2, 0.25) is 8.32 Å². The lowest BCUT2D eigenvalue weighted by Crippen LogP contribution is -2.31. The van der Waals surface area contributed by atoms with Crippen molar-refractivity contribution in [2.45, 2.75) is 51.7 Å². The first-order valence-electron chi connectivity index (χ1n) is 7.02. The summed E-state index contributed by atoms with van der Waals surface area (Å²) in [5.41, 5.74) is 1.94. The number of allylic oxidation sites excluding steroid dienone is 2. The zero-order chi connectivity index (χ0) is 14.7. The lowest BCUT2D eigenvalue weighted by molar-refractivity contribution is 0.421. The summed E-state index contributed by atoms with van der Waals surface area (Å²) >= 11 is 0. The molecule has 0 N–H and O–H groups in total. The highest BCUT2D eigenvalue weighted by Gasteiger charge is 2.27. The summed E-state index contributed by atoms with van der Waals surface area (Å²) in [6.07, 6.45) is 2.35. The van der Waals surface area contributed by atoms with E-state index in [4.69, 9.17) is 4.43 Å².